The number of carbonyl (C=O) groups excluding carboxylic acids is 1. The van der Waals surface area contributed by atoms with E-state index in [4.69, 9.17) is 5.73 Å². The fourth-order valence-electron chi connectivity index (χ4n) is 1.28. The van der Waals surface area contributed by atoms with Gasteiger partial charge in [0, 0.05) is 13.1 Å². The minimum atomic E-state index is -0.299. The first-order chi connectivity index (χ1) is 6.09. The van der Waals surface area contributed by atoms with Gasteiger partial charge >= 0.3 is 6.03 Å². The van der Waals surface area contributed by atoms with Crippen LogP contribution < -0.4 is 5.73 Å². The molecule has 1 fully saturated rings. The Morgan fingerprint density at radius 2 is 2.08 bits per heavy atom. The molecule has 2 amide bonds. The average Bonchev–Trinajstić information content (AvgIpc) is 2.04. The molecule has 0 aliphatic carbocycles. The van der Waals surface area contributed by atoms with Gasteiger partial charge in [0.05, 0.1) is 6.10 Å². The quantitative estimate of drug-likeness (QED) is 0.410. The zero-order valence-corrected chi connectivity index (χ0v) is 7.73. The van der Waals surface area contributed by atoms with Crippen LogP contribution in [0.3, 0.4) is 0 Å². The van der Waals surface area contributed by atoms with Gasteiger partial charge in [0.25, 0.3) is 0 Å². The van der Waals surface area contributed by atoms with Crippen LogP contribution in [0.5, 0.6) is 0 Å². The highest BCUT2D eigenvalue weighted by Crippen LogP contribution is 2.10. The van der Waals surface area contributed by atoms with Gasteiger partial charge in [-0.05, 0) is 19.8 Å². The Bertz CT molecular complexity index is 215. The SMILES string of the molecule is CC(N)=NC(=O)N1CCC(O)CC1. The molecule has 5 nitrogen and oxygen atoms in total. The Morgan fingerprint density at radius 3 is 2.54 bits per heavy atom. The average molecular weight is 185 g/mol. The molecule has 3 N–H and O–H groups in total. The van der Waals surface area contributed by atoms with E-state index in [2.05, 4.69) is 4.99 Å². The number of likely N-dealkylation sites (tertiary alicyclic amines) is 1. The van der Waals surface area contributed by atoms with E-state index in [0.29, 0.717) is 25.9 Å². The van der Waals surface area contributed by atoms with Crippen molar-refractivity contribution in [3.05, 3.63) is 0 Å². The number of amidine groups is 1. The topological polar surface area (TPSA) is 78.9 Å². The smallest absolute Gasteiger partial charge is 0.345 e. The van der Waals surface area contributed by atoms with Gasteiger partial charge in [-0.2, -0.15) is 4.99 Å². The maximum atomic E-state index is 11.3. The molecule has 0 aromatic rings. The number of aliphatic imine (C=N–C) groups is 1. The molecular weight excluding hydrogens is 170 g/mol. The summed E-state index contributed by atoms with van der Waals surface area (Å²) in [5.41, 5.74) is 5.28. The summed E-state index contributed by atoms with van der Waals surface area (Å²) in [4.78, 5) is 16.5. The van der Waals surface area contributed by atoms with Crippen molar-refractivity contribution in [2.75, 3.05) is 13.1 Å². The van der Waals surface area contributed by atoms with E-state index in [9.17, 15) is 9.90 Å². The largest absolute Gasteiger partial charge is 0.393 e. The molecule has 0 spiro atoms. The van der Waals surface area contributed by atoms with Crippen LogP contribution in [0.15, 0.2) is 4.99 Å². The van der Waals surface area contributed by atoms with Crippen LogP contribution in [0.2, 0.25) is 0 Å². The number of piperidine rings is 1. The number of nitrogens with zero attached hydrogens (tertiary/aromatic N) is 2. The zero-order valence-electron chi connectivity index (χ0n) is 7.73. The van der Waals surface area contributed by atoms with E-state index < -0.39 is 0 Å². The number of carbonyl (C=O) groups is 1. The molecule has 0 aromatic carbocycles. The number of amides is 2. The van der Waals surface area contributed by atoms with Crippen molar-refractivity contribution in [2.45, 2.75) is 25.9 Å². The number of hydrogen-bond acceptors (Lipinski definition) is 2. The molecule has 5 heteroatoms. The lowest BCUT2D eigenvalue weighted by Crippen LogP contribution is -2.39. The summed E-state index contributed by atoms with van der Waals surface area (Å²) < 4.78 is 0. The van der Waals surface area contributed by atoms with Crippen molar-refractivity contribution >= 4 is 11.9 Å². The molecule has 74 valence electrons. The van der Waals surface area contributed by atoms with E-state index in [1.54, 1.807) is 11.8 Å². The Labute approximate surface area is 77.2 Å². The van der Waals surface area contributed by atoms with Crippen molar-refractivity contribution in [1.82, 2.24) is 4.90 Å². The van der Waals surface area contributed by atoms with Gasteiger partial charge in [0.1, 0.15) is 5.84 Å². The normalized spacial score (nSPS) is 20.5. The lowest BCUT2D eigenvalue weighted by Gasteiger charge is -2.27. The maximum absolute atomic E-state index is 11.3. The fourth-order valence-corrected chi connectivity index (χ4v) is 1.28. The van der Waals surface area contributed by atoms with Crippen molar-refractivity contribution in [3.63, 3.8) is 0 Å². The molecule has 0 saturated carbocycles. The summed E-state index contributed by atoms with van der Waals surface area (Å²) in [5, 5.41) is 9.19. The minimum Gasteiger partial charge on any atom is -0.393 e. The van der Waals surface area contributed by atoms with E-state index >= 15 is 0 Å². The summed E-state index contributed by atoms with van der Waals surface area (Å²) in [7, 11) is 0. The second-order valence-corrected chi connectivity index (χ2v) is 3.25. The monoisotopic (exact) mass is 185 g/mol. The number of aliphatic hydroxyl groups excluding tert-OH is 1. The standard InChI is InChI=1S/C8H15N3O2/c1-6(9)10-8(13)11-4-2-7(12)3-5-11/h7,12H,2-5H2,1H3,(H2,9,10,13). The molecule has 13 heavy (non-hydrogen) atoms. The lowest BCUT2D eigenvalue weighted by atomic mass is 10.1. The van der Waals surface area contributed by atoms with Crippen molar-refractivity contribution in [2.24, 2.45) is 10.7 Å². The Kier molecular flexibility index (Phi) is 3.25. The Balaban J connectivity index is 2.45. The molecule has 1 aliphatic rings. The summed E-state index contributed by atoms with van der Waals surface area (Å²) in [6.07, 6.45) is 0.988. The Morgan fingerprint density at radius 1 is 1.54 bits per heavy atom. The second-order valence-electron chi connectivity index (χ2n) is 3.25. The first-order valence-corrected chi connectivity index (χ1v) is 4.37. The molecule has 0 radical (unpaired) electrons. The molecule has 0 unspecified atom stereocenters. The van der Waals surface area contributed by atoms with E-state index in [-0.39, 0.29) is 18.0 Å². The molecular formula is C8H15N3O2. The molecule has 0 atom stereocenters. The molecule has 1 aliphatic heterocycles. The molecule has 0 aromatic heterocycles. The molecule has 0 bridgehead atoms. The minimum absolute atomic E-state index is 0.271. The van der Waals surface area contributed by atoms with Gasteiger partial charge < -0.3 is 15.7 Å². The highest BCUT2D eigenvalue weighted by molar-refractivity contribution is 5.91. The van der Waals surface area contributed by atoms with Crippen LogP contribution in [-0.4, -0.2) is 41.1 Å². The number of urea groups is 1. The Hall–Kier alpha value is -1.10. The third kappa shape index (κ3) is 3.02. The van der Waals surface area contributed by atoms with E-state index in [1.165, 1.54) is 0 Å². The highest BCUT2D eigenvalue weighted by atomic mass is 16.3. The van der Waals surface area contributed by atoms with Crippen molar-refractivity contribution < 1.29 is 9.90 Å². The van der Waals surface area contributed by atoms with Gasteiger partial charge in [-0.1, -0.05) is 0 Å². The number of nitrogens with two attached hydrogens (primary N) is 1. The predicted molar refractivity (Wildman–Crippen MR) is 49.5 cm³/mol. The third-order valence-corrected chi connectivity index (χ3v) is 2.01. The van der Waals surface area contributed by atoms with Crippen LogP contribution in [0, 0.1) is 0 Å². The third-order valence-electron chi connectivity index (χ3n) is 2.01. The van der Waals surface area contributed by atoms with Gasteiger partial charge in [-0.25, -0.2) is 4.79 Å². The fraction of sp³-hybridized carbons (Fsp3) is 0.750. The van der Waals surface area contributed by atoms with Crippen LogP contribution in [0.4, 0.5) is 4.79 Å². The summed E-state index contributed by atoms with van der Waals surface area (Å²) >= 11 is 0. The molecule has 1 heterocycles. The maximum Gasteiger partial charge on any atom is 0.345 e. The number of hydrogen-bond donors (Lipinski definition) is 2. The van der Waals surface area contributed by atoms with Gasteiger partial charge in [-0.15, -0.1) is 0 Å². The molecule has 1 saturated heterocycles. The summed E-state index contributed by atoms with van der Waals surface area (Å²) in [6.45, 7) is 2.71. The second kappa shape index (κ2) is 4.23. The van der Waals surface area contributed by atoms with Gasteiger partial charge in [0.15, 0.2) is 0 Å². The van der Waals surface area contributed by atoms with Gasteiger partial charge in [-0.3, -0.25) is 0 Å². The summed E-state index contributed by atoms with van der Waals surface area (Å²) in [6, 6.07) is -0.299. The van der Waals surface area contributed by atoms with Crippen LogP contribution >= 0.6 is 0 Å². The highest BCUT2D eigenvalue weighted by Gasteiger charge is 2.20. The van der Waals surface area contributed by atoms with E-state index in [1.807, 2.05) is 0 Å². The molecule has 1 rings (SSSR count). The van der Waals surface area contributed by atoms with Gasteiger partial charge in [0.2, 0.25) is 0 Å². The van der Waals surface area contributed by atoms with Crippen molar-refractivity contribution in [1.29, 1.82) is 0 Å². The zero-order chi connectivity index (χ0) is 9.84. The number of aliphatic hydroxyl groups is 1. The van der Waals surface area contributed by atoms with E-state index in [0.717, 1.165) is 0 Å². The first kappa shape index (κ1) is 9.98. The predicted octanol–water partition coefficient (Wildman–Crippen LogP) is -0.0598. The van der Waals surface area contributed by atoms with Crippen LogP contribution in [0.25, 0.3) is 0 Å². The van der Waals surface area contributed by atoms with Crippen molar-refractivity contribution in [3.8, 4) is 0 Å². The lowest BCUT2D eigenvalue weighted by molar-refractivity contribution is 0.0962. The number of rotatable bonds is 0. The van der Waals surface area contributed by atoms with Crippen LogP contribution in [-0.2, 0) is 0 Å². The summed E-state index contributed by atoms with van der Waals surface area (Å²) in [5.74, 6) is 0.274. The first-order valence-electron chi connectivity index (χ1n) is 4.37. The van der Waals surface area contributed by atoms with Crippen LogP contribution in [0.1, 0.15) is 19.8 Å².